The van der Waals surface area contributed by atoms with Crippen molar-refractivity contribution >= 4 is 5.91 Å². The summed E-state index contributed by atoms with van der Waals surface area (Å²) in [7, 11) is 0. The zero-order chi connectivity index (χ0) is 15.8. The Balaban J connectivity index is 1.36. The molecule has 0 aliphatic carbocycles. The van der Waals surface area contributed by atoms with Crippen LogP contribution in [0.3, 0.4) is 0 Å². The van der Waals surface area contributed by atoms with Crippen molar-refractivity contribution in [2.75, 3.05) is 32.7 Å². The lowest BCUT2D eigenvalue weighted by Gasteiger charge is -2.40. The zero-order valence-electron chi connectivity index (χ0n) is 13.6. The van der Waals surface area contributed by atoms with Gasteiger partial charge in [0.25, 0.3) is 0 Å². The minimum absolute atomic E-state index is 0.150. The molecule has 7 heteroatoms. The SMILES string of the molecule is N[C@H]1C[C@@H](N2Cc3cn[nH]c3C2)CN(CC(=O)N2CCCC2)C1. The molecule has 4 heterocycles. The van der Waals surface area contributed by atoms with E-state index >= 15 is 0 Å². The van der Waals surface area contributed by atoms with E-state index in [0.717, 1.165) is 58.5 Å². The van der Waals surface area contributed by atoms with Gasteiger partial charge in [-0.2, -0.15) is 5.10 Å². The van der Waals surface area contributed by atoms with E-state index in [2.05, 4.69) is 20.0 Å². The van der Waals surface area contributed by atoms with Crippen LogP contribution in [0, 0.1) is 0 Å². The lowest BCUT2D eigenvalue weighted by Crippen LogP contribution is -2.55. The first-order chi connectivity index (χ1) is 11.2. The normalized spacial score (nSPS) is 29.2. The Hall–Kier alpha value is -1.44. The van der Waals surface area contributed by atoms with Crippen molar-refractivity contribution in [3.8, 4) is 0 Å². The van der Waals surface area contributed by atoms with E-state index in [0.29, 0.717) is 12.6 Å². The number of carbonyl (C=O) groups is 1. The molecule has 3 N–H and O–H groups in total. The highest BCUT2D eigenvalue weighted by atomic mass is 16.2. The second-order valence-corrected chi connectivity index (χ2v) is 7.21. The summed E-state index contributed by atoms with van der Waals surface area (Å²) in [4.78, 5) is 19.1. The molecule has 1 amide bonds. The number of piperidine rings is 1. The first kappa shape index (κ1) is 15.1. The molecule has 0 unspecified atom stereocenters. The third-order valence-corrected chi connectivity index (χ3v) is 5.41. The number of nitrogens with zero attached hydrogens (tertiary/aromatic N) is 4. The number of hydrogen-bond acceptors (Lipinski definition) is 5. The van der Waals surface area contributed by atoms with Crippen LogP contribution in [0.1, 0.15) is 30.5 Å². The minimum atomic E-state index is 0.150. The Morgan fingerprint density at radius 3 is 2.91 bits per heavy atom. The number of likely N-dealkylation sites (tertiary alicyclic amines) is 2. The topological polar surface area (TPSA) is 81.5 Å². The molecular weight excluding hydrogens is 292 g/mol. The van der Waals surface area contributed by atoms with Crippen LogP contribution in [-0.2, 0) is 17.9 Å². The summed E-state index contributed by atoms with van der Waals surface area (Å²) >= 11 is 0. The van der Waals surface area contributed by atoms with Gasteiger partial charge in [0.05, 0.1) is 18.4 Å². The predicted molar refractivity (Wildman–Crippen MR) is 86.5 cm³/mol. The van der Waals surface area contributed by atoms with Crippen molar-refractivity contribution in [1.82, 2.24) is 24.9 Å². The molecule has 0 bridgehead atoms. The summed E-state index contributed by atoms with van der Waals surface area (Å²) in [5.41, 5.74) is 8.80. The Kier molecular flexibility index (Phi) is 4.09. The summed E-state index contributed by atoms with van der Waals surface area (Å²) < 4.78 is 0. The van der Waals surface area contributed by atoms with E-state index in [1.54, 1.807) is 0 Å². The number of fused-ring (bicyclic) bond motifs is 1. The number of hydrogen-bond donors (Lipinski definition) is 2. The van der Waals surface area contributed by atoms with Gasteiger partial charge in [0.2, 0.25) is 5.91 Å². The fourth-order valence-electron chi connectivity index (χ4n) is 4.20. The van der Waals surface area contributed by atoms with Gasteiger partial charge in [0, 0.05) is 56.9 Å². The molecule has 0 aromatic carbocycles. The van der Waals surface area contributed by atoms with Gasteiger partial charge in [0.1, 0.15) is 0 Å². The van der Waals surface area contributed by atoms with Crippen LogP contribution in [-0.4, -0.2) is 75.6 Å². The lowest BCUT2D eigenvalue weighted by atomic mass is 10.00. The van der Waals surface area contributed by atoms with E-state index in [1.165, 1.54) is 11.3 Å². The number of carbonyl (C=O) groups excluding carboxylic acids is 1. The second kappa shape index (κ2) is 6.22. The van der Waals surface area contributed by atoms with Gasteiger partial charge in [-0.3, -0.25) is 19.7 Å². The molecule has 3 aliphatic rings. The molecule has 2 fully saturated rings. The van der Waals surface area contributed by atoms with Crippen molar-refractivity contribution in [1.29, 1.82) is 0 Å². The molecule has 4 rings (SSSR count). The maximum atomic E-state index is 12.4. The monoisotopic (exact) mass is 318 g/mol. The van der Waals surface area contributed by atoms with Gasteiger partial charge in [-0.05, 0) is 19.3 Å². The van der Waals surface area contributed by atoms with Gasteiger partial charge in [-0.1, -0.05) is 0 Å². The smallest absolute Gasteiger partial charge is 0.236 e. The Morgan fingerprint density at radius 1 is 1.30 bits per heavy atom. The largest absolute Gasteiger partial charge is 0.342 e. The fourth-order valence-corrected chi connectivity index (χ4v) is 4.20. The maximum absolute atomic E-state index is 12.4. The number of rotatable bonds is 3. The lowest BCUT2D eigenvalue weighted by molar-refractivity contribution is -0.132. The number of nitrogens with one attached hydrogen (secondary N) is 1. The van der Waals surface area contributed by atoms with Crippen molar-refractivity contribution in [3.05, 3.63) is 17.5 Å². The van der Waals surface area contributed by atoms with E-state index in [-0.39, 0.29) is 11.9 Å². The van der Waals surface area contributed by atoms with Gasteiger partial charge >= 0.3 is 0 Å². The van der Waals surface area contributed by atoms with Gasteiger partial charge in [-0.25, -0.2) is 0 Å². The summed E-state index contributed by atoms with van der Waals surface area (Å²) in [6.07, 6.45) is 5.22. The van der Waals surface area contributed by atoms with E-state index in [1.807, 2.05) is 11.1 Å². The molecule has 7 nitrogen and oxygen atoms in total. The summed E-state index contributed by atoms with van der Waals surface area (Å²) in [5.74, 6) is 0.270. The highest BCUT2D eigenvalue weighted by Crippen LogP contribution is 2.26. The molecule has 2 saturated heterocycles. The van der Waals surface area contributed by atoms with Crippen LogP contribution in [0.5, 0.6) is 0 Å². The zero-order valence-corrected chi connectivity index (χ0v) is 13.6. The third-order valence-electron chi connectivity index (χ3n) is 5.41. The number of nitrogens with two attached hydrogens (primary N) is 1. The van der Waals surface area contributed by atoms with Crippen molar-refractivity contribution in [2.45, 2.75) is 44.4 Å². The van der Waals surface area contributed by atoms with Crippen LogP contribution in [0.2, 0.25) is 0 Å². The molecular formula is C16H26N6O. The van der Waals surface area contributed by atoms with Gasteiger partial charge in [-0.15, -0.1) is 0 Å². The van der Waals surface area contributed by atoms with Gasteiger partial charge in [0.15, 0.2) is 0 Å². The predicted octanol–water partition coefficient (Wildman–Crippen LogP) is -0.251. The summed E-state index contributed by atoms with van der Waals surface area (Å²) in [6.45, 7) is 6.00. The summed E-state index contributed by atoms with van der Waals surface area (Å²) in [5, 5.41) is 7.18. The first-order valence-electron chi connectivity index (χ1n) is 8.70. The van der Waals surface area contributed by atoms with Crippen LogP contribution < -0.4 is 5.73 Å². The Morgan fingerprint density at radius 2 is 2.13 bits per heavy atom. The van der Waals surface area contributed by atoms with Gasteiger partial charge < -0.3 is 10.6 Å². The third kappa shape index (κ3) is 3.13. The molecule has 0 radical (unpaired) electrons. The van der Waals surface area contributed by atoms with Crippen molar-refractivity contribution in [2.24, 2.45) is 5.73 Å². The molecule has 3 aliphatic heterocycles. The second-order valence-electron chi connectivity index (χ2n) is 7.21. The molecule has 1 aromatic heterocycles. The highest BCUT2D eigenvalue weighted by Gasteiger charge is 2.34. The van der Waals surface area contributed by atoms with Crippen molar-refractivity contribution in [3.63, 3.8) is 0 Å². The van der Waals surface area contributed by atoms with Crippen LogP contribution in [0.25, 0.3) is 0 Å². The molecule has 0 saturated carbocycles. The minimum Gasteiger partial charge on any atom is -0.342 e. The number of aromatic nitrogens is 2. The molecule has 0 spiro atoms. The molecule has 1 aromatic rings. The van der Waals surface area contributed by atoms with E-state index in [9.17, 15) is 4.79 Å². The van der Waals surface area contributed by atoms with Crippen LogP contribution >= 0.6 is 0 Å². The average molecular weight is 318 g/mol. The first-order valence-corrected chi connectivity index (χ1v) is 8.70. The van der Waals surface area contributed by atoms with Crippen LogP contribution in [0.4, 0.5) is 0 Å². The number of amides is 1. The van der Waals surface area contributed by atoms with Crippen LogP contribution in [0.15, 0.2) is 6.20 Å². The van der Waals surface area contributed by atoms with Crippen molar-refractivity contribution < 1.29 is 4.79 Å². The highest BCUT2D eigenvalue weighted by molar-refractivity contribution is 5.78. The quantitative estimate of drug-likeness (QED) is 0.803. The molecule has 126 valence electrons. The average Bonchev–Trinajstić information content (AvgIpc) is 3.23. The standard InChI is InChI=1S/C16H26N6O/c17-13-5-14(22-7-12-6-18-19-15(12)10-22)9-20(8-13)11-16(23)21-3-1-2-4-21/h6,13-14H,1-5,7-11,17H2,(H,18,19)/t13-,14+/m0/s1. The number of H-pyrrole nitrogens is 1. The number of aromatic amines is 1. The van der Waals surface area contributed by atoms with E-state index < -0.39 is 0 Å². The maximum Gasteiger partial charge on any atom is 0.236 e. The molecule has 23 heavy (non-hydrogen) atoms. The Bertz CT molecular complexity index is 546. The molecule has 2 atom stereocenters. The van der Waals surface area contributed by atoms with E-state index in [4.69, 9.17) is 5.73 Å². The fraction of sp³-hybridized carbons (Fsp3) is 0.750. The summed E-state index contributed by atoms with van der Waals surface area (Å²) in [6, 6.07) is 0.572. The Labute approximate surface area is 136 Å².